The van der Waals surface area contributed by atoms with Gasteiger partial charge >= 0.3 is 6.18 Å². The molecule has 5 nitrogen and oxygen atoms in total. The van der Waals surface area contributed by atoms with E-state index in [2.05, 4.69) is 9.88 Å². The van der Waals surface area contributed by atoms with E-state index in [1.165, 1.54) is 11.0 Å². The zero-order chi connectivity index (χ0) is 23.6. The van der Waals surface area contributed by atoms with Crippen molar-refractivity contribution in [1.82, 2.24) is 9.88 Å². The summed E-state index contributed by atoms with van der Waals surface area (Å²) in [7, 11) is 0. The van der Waals surface area contributed by atoms with Crippen LogP contribution in [0.15, 0.2) is 36.4 Å². The number of rotatable bonds is 6. The molecule has 1 amide bonds. The molecule has 2 heterocycles. The highest BCUT2D eigenvalue weighted by atomic mass is 32.1. The van der Waals surface area contributed by atoms with Crippen molar-refractivity contribution in [2.45, 2.75) is 12.6 Å². The van der Waals surface area contributed by atoms with Gasteiger partial charge in [-0.1, -0.05) is 17.4 Å². The minimum Gasteiger partial charge on any atom is -0.379 e. The fourth-order valence-electron chi connectivity index (χ4n) is 3.61. The molecule has 0 unspecified atom stereocenters. The van der Waals surface area contributed by atoms with Crippen molar-refractivity contribution in [3.63, 3.8) is 0 Å². The van der Waals surface area contributed by atoms with E-state index >= 15 is 0 Å². The zero-order valence-corrected chi connectivity index (χ0v) is 18.2. The standard InChI is InChI=1S/C22H20F5N3O2S/c23-16-12-17(24)19-18(13-16)33-21(28-19)30(6-2-5-29-7-9-32-10-8-29)20(31)14-3-1-4-15(11-14)22(25,26)27/h1,3-4,11-13H,2,5-10H2. The van der Waals surface area contributed by atoms with E-state index in [1.54, 1.807) is 0 Å². The van der Waals surface area contributed by atoms with Gasteiger partial charge in [0.25, 0.3) is 5.91 Å². The highest BCUT2D eigenvalue weighted by Gasteiger charge is 2.32. The topological polar surface area (TPSA) is 45.7 Å². The van der Waals surface area contributed by atoms with Crippen LogP contribution < -0.4 is 4.90 Å². The van der Waals surface area contributed by atoms with Crippen molar-refractivity contribution >= 4 is 32.6 Å². The van der Waals surface area contributed by atoms with E-state index < -0.39 is 29.3 Å². The second-order valence-electron chi connectivity index (χ2n) is 7.57. The molecule has 1 fully saturated rings. The third-order valence-corrected chi connectivity index (χ3v) is 6.30. The molecule has 4 rings (SSSR count). The highest BCUT2D eigenvalue weighted by molar-refractivity contribution is 7.22. The Morgan fingerprint density at radius 1 is 1.15 bits per heavy atom. The van der Waals surface area contributed by atoms with Gasteiger partial charge in [-0.15, -0.1) is 0 Å². The van der Waals surface area contributed by atoms with Gasteiger partial charge in [0.2, 0.25) is 0 Å². The Labute approximate surface area is 190 Å². The molecule has 0 spiro atoms. The van der Waals surface area contributed by atoms with Crippen molar-refractivity contribution in [3.8, 4) is 0 Å². The Balaban J connectivity index is 1.63. The summed E-state index contributed by atoms with van der Waals surface area (Å²) < 4.78 is 72.8. The van der Waals surface area contributed by atoms with E-state index in [0.29, 0.717) is 32.2 Å². The van der Waals surface area contributed by atoms with Gasteiger partial charge in [0, 0.05) is 37.8 Å². The van der Waals surface area contributed by atoms with Gasteiger partial charge in [-0.3, -0.25) is 14.6 Å². The number of hydrogen-bond donors (Lipinski definition) is 0. The van der Waals surface area contributed by atoms with Crippen molar-refractivity contribution in [2.24, 2.45) is 0 Å². The van der Waals surface area contributed by atoms with Crippen LogP contribution in [0.3, 0.4) is 0 Å². The maximum atomic E-state index is 14.2. The molecule has 1 aliphatic rings. The number of nitrogens with zero attached hydrogens (tertiary/aromatic N) is 3. The van der Waals surface area contributed by atoms with Gasteiger partial charge < -0.3 is 4.74 Å². The summed E-state index contributed by atoms with van der Waals surface area (Å²) in [6, 6.07) is 5.93. The first-order valence-electron chi connectivity index (χ1n) is 10.3. The van der Waals surface area contributed by atoms with Gasteiger partial charge in [-0.05, 0) is 30.7 Å². The molecule has 11 heteroatoms. The molecule has 1 aliphatic heterocycles. The summed E-state index contributed by atoms with van der Waals surface area (Å²) in [4.78, 5) is 20.8. The average Bonchev–Trinajstić information content (AvgIpc) is 3.20. The number of thiazole rings is 1. The Morgan fingerprint density at radius 2 is 1.91 bits per heavy atom. The van der Waals surface area contributed by atoms with Gasteiger partial charge in [0.1, 0.15) is 11.3 Å². The predicted octanol–water partition coefficient (Wildman–Crippen LogP) is 4.96. The van der Waals surface area contributed by atoms with Crippen LogP contribution in [0.1, 0.15) is 22.3 Å². The lowest BCUT2D eigenvalue weighted by molar-refractivity contribution is -0.137. The SMILES string of the molecule is O=C(c1cccc(C(F)(F)F)c1)N(CCCN1CCOCC1)c1nc2c(F)cc(F)cc2s1. The first-order valence-corrected chi connectivity index (χ1v) is 11.1. The molecule has 33 heavy (non-hydrogen) atoms. The number of hydrogen-bond acceptors (Lipinski definition) is 5. The van der Waals surface area contributed by atoms with Gasteiger partial charge in [0.15, 0.2) is 10.9 Å². The first kappa shape index (κ1) is 23.5. The van der Waals surface area contributed by atoms with Crippen LogP contribution in [0.4, 0.5) is 27.1 Å². The molecule has 0 bridgehead atoms. The summed E-state index contributed by atoms with van der Waals surface area (Å²) in [5.41, 5.74) is -1.20. The van der Waals surface area contributed by atoms with E-state index in [0.717, 1.165) is 48.7 Å². The Kier molecular flexibility index (Phi) is 6.91. The van der Waals surface area contributed by atoms with E-state index in [1.807, 2.05) is 0 Å². The number of benzene rings is 2. The monoisotopic (exact) mass is 485 g/mol. The number of fused-ring (bicyclic) bond motifs is 1. The first-order chi connectivity index (χ1) is 15.7. The van der Waals surface area contributed by atoms with Crippen molar-refractivity contribution < 1.29 is 31.5 Å². The summed E-state index contributed by atoms with van der Waals surface area (Å²) in [6.07, 6.45) is -4.09. The molecule has 0 saturated carbocycles. The molecular weight excluding hydrogens is 465 g/mol. The van der Waals surface area contributed by atoms with Crippen LogP contribution in [0, 0.1) is 11.6 Å². The Hall–Kier alpha value is -2.63. The number of aromatic nitrogens is 1. The summed E-state index contributed by atoms with van der Waals surface area (Å²) >= 11 is 0.911. The Morgan fingerprint density at radius 3 is 2.64 bits per heavy atom. The number of anilines is 1. The van der Waals surface area contributed by atoms with Gasteiger partial charge in [0.05, 0.1) is 23.5 Å². The van der Waals surface area contributed by atoms with Crippen LogP contribution in [0.25, 0.3) is 10.2 Å². The second-order valence-corrected chi connectivity index (χ2v) is 8.58. The molecular formula is C22H20F5N3O2S. The van der Waals surface area contributed by atoms with Crippen LogP contribution in [0.2, 0.25) is 0 Å². The summed E-state index contributed by atoms with van der Waals surface area (Å²) in [5.74, 6) is -2.34. The number of alkyl halides is 3. The number of ether oxygens (including phenoxy) is 1. The van der Waals surface area contributed by atoms with Crippen LogP contribution >= 0.6 is 11.3 Å². The maximum Gasteiger partial charge on any atom is 0.416 e. The molecule has 0 atom stereocenters. The van der Waals surface area contributed by atoms with E-state index in [9.17, 15) is 26.7 Å². The van der Waals surface area contributed by atoms with Gasteiger partial charge in [-0.25, -0.2) is 13.8 Å². The molecule has 3 aromatic rings. The number of carbonyl (C=O) groups is 1. The maximum absolute atomic E-state index is 14.2. The molecule has 1 saturated heterocycles. The minimum absolute atomic E-state index is 0.0913. The lowest BCUT2D eigenvalue weighted by Crippen LogP contribution is -2.39. The normalized spacial score (nSPS) is 15.2. The average molecular weight is 485 g/mol. The fraction of sp³-hybridized carbons (Fsp3) is 0.364. The number of halogens is 5. The Bertz CT molecular complexity index is 1140. The van der Waals surface area contributed by atoms with Crippen LogP contribution in [-0.4, -0.2) is 55.2 Å². The van der Waals surface area contributed by atoms with Crippen LogP contribution in [-0.2, 0) is 10.9 Å². The minimum atomic E-state index is -4.60. The van der Waals surface area contributed by atoms with Crippen molar-refractivity contribution in [2.75, 3.05) is 44.3 Å². The molecule has 0 radical (unpaired) electrons. The quantitative estimate of drug-likeness (QED) is 0.463. The fourth-order valence-corrected chi connectivity index (χ4v) is 4.64. The second kappa shape index (κ2) is 9.70. The molecule has 176 valence electrons. The van der Waals surface area contributed by atoms with Gasteiger partial charge in [-0.2, -0.15) is 13.2 Å². The largest absolute Gasteiger partial charge is 0.416 e. The molecule has 0 aliphatic carbocycles. The third kappa shape index (κ3) is 5.48. The number of amides is 1. The zero-order valence-electron chi connectivity index (χ0n) is 17.4. The summed E-state index contributed by atoms with van der Waals surface area (Å²) in [6.45, 7) is 3.49. The van der Waals surface area contributed by atoms with E-state index in [4.69, 9.17) is 4.74 Å². The predicted molar refractivity (Wildman–Crippen MR) is 115 cm³/mol. The lowest BCUT2D eigenvalue weighted by Gasteiger charge is -2.27. The lowest BCUT2D eigenvalue weighted by atomic mass is 10.1. The number of morpholine rings is 1. The summed E-state index contributed by atoms with van der Waals surface area (Å²) in [5, 5.41) is 0.0962. The number of carbonyl (C=O) groups excluding carboxylic acids is 1. The smallest absolute Gasteiger partial charge is 0.379 e. The highest BCUT2D eigenvalue weighted by Crippen LogP contribution is 2.33. The third-order valence-electron chi connectivity index (χ3n) is 5.27. The molecule has 2 aromatic carbocycles. The van der Waals surface area contributed by atoms with Crippen molar-refractivity contribution in [1.29, 1.82) is 0 Å². The van der Waals surface area contributed by atoms with Crippen LogP contribution in [0.5, 0.6) is 0 Å². The van der Waals surface area contributed by atoms with Crippen molar-refractivity contribution in [3.05, 3.63) is 59.2 Å². The van der Waals surface area contributed by atoms with E-state index in [-0.39, 0.29) is 27.5 Å². The molecule has 0 N–H and O–H groups in total. The molecule has 1 aromatic heterocycles.